The summed E-state index contributed by atoms with van der Waals surface area (Å²) in [5, 5.41) is 9.48. The van der Waals surface area contributed by atoms with Gasteiger partial charge in [0.25, 0.3) is 0 Å². The summed E-state index contributed by atoms with van der Waals surface area (Å²) in [6.07, 6.45) is 2.53. The second-order valence-corrected chi connectivity index (χ2v) is 7.81. The number of nitrogens with zero attached hydrogens (tertiary/aromatic N) is 1. The molecule has 2 aromatic carbocycles. The number of rotatable bonds is 10. The van der Waals surface area contributed by atoms with Crippen molar-refractivity contribution >= 4 is 11.7 Å². The van der Waals surface area contributed by atoms with Gasteiger partial charge in [-0.05, 0) is 70.0 Å². The van der Waals surface area contributed by atoms with Crippen molar-refractivity contribution in [2.75, 3.05) is 11.5 Å². The SMILES string of the molecule is C=CCOc1ccc(C(=O)O)cc1[C@H](CC)c1cccc(N(C(C)C)C(C)C)c1. The highest BCUT2D eigenvalue weighted by molar-refractivity contribution is 5.88. The van der Waals surface area contributed by atoms with Crippen molar-refractivity contribution in [3.8, 4) is 5.75 Å². The minimum atomic E-state index is -0.934. The molecule has 0 unspecified atom stereocenters. The summed E-state index contributed by atoms with van der Waals surface area (Å²) in [6.45, 7) is 15.0. The fourth-order valence-electron chi connectivity index (χ4n) is 3.96. The predicted octanol–water partition coefficient (Wildman–Crippen LogP) is 6.11. The minimum absolute atomic E-state index is 0.0373. The van der Waals surface area contributed by atoms with Gasteiger partial charge in [-0.2, -0.15) is 0 Å². The van der Waals surface area contributed by atoms with Crippen LogP contribution in [-0.4, -0.2) is 29.8 Å². The molecule has 29 heavy (non-hydrogen) atoms. The predicted molar refractivity (Wildman–Crippen MR) is 120 cm³/mol. The van der Waals surface area contributed by atoms with Gasteiger partial charge in [0, 0.05) is 29.3 Å². The molecule has 0 radical (unpaired) electrons. The van der Waals surface area contributed by atoms with Crippen LogP contribution < -0.4 is 9.64 Å². The third kappa shape index (κ3) is 5.41. The Kier molecular flexibility index (Phi) is 7.89. The molecule has 0 amide bonds. The lowest BCUT2D eigenvalue weighted by Gasteiger charge is -2.34. The zero-order valence-corrected chi connectivity index (χ0v) is 18.2. The van der Waals surface area contributed by atoms with Gasteiger partial charge in [0.15, 0.2) is 0 Å². The van der Waals surface area contributed by atoms with E-state index in [-0.39, 0.29) is 11.5 Å². The van der Waals surface area contributed by atoms with Crippen LogP contribution in [0.25, 0.3) is 0 Å². The molecule has 0 heterocycles. The summed E-state index contributed by atoms with van der Waals surface area (Å²) in [5.41, 5.74) is 3.50. The molecule has 0 saturated heterocycles. The van der Waals surface area contributed by atoms with Crippen molar-refractivity contribution in [2.45, 2.75) is 59.0 Å². The zero-order chi connectivity index (χ0) is 21.6. The lowest BCUT2D eigenvalue weighted by atomic mass is 9.87. The molecule has 0 aliphatic heterocycles. The van der Waals surface area contributed by atoms with Crippen LogP contribution in [-0.2, 0) is 0 Å². The van der Waals surface area contributed by atoms with E-state index in [4.69, 9.17) is 4.74 Å². The Morgan fingerprint density at radius 1 is 1.14 bits per heavy atom. The van der Waals surface area contributed by atoms with Crippen LogP contribution in [0.5, 0.6) is 5.75 Å². The summed E-state index contributed by atoms with van der Waals surface area (Å²) in [4.78, 5) is 13.9. The van der Waals surface area contributed by atoms with E-state index in [1.165, 1.54) is 5.69 Å². The summed E-state index contributed by atoms with van der Waals surface area (Å²) >= 11 is 0. The molecule has 4 nitrogen and oxygen atoms in total. The fourth-order valence-corrected chi connectivity index (χ4v) is 3.96. The highest BCUT2D eigenvalue weighted by atomic mass is 16.5. The Bertz CT molecular complexity index is 834. The fraction of sp³-hybridized carbons (Fsp3) is 0.400. The Morgan fingerprint density at radius 3 is 2.38 bits per heavy atom. The van der Waals surface area contributed by atoms with E-state index >= 15 is 0 Å². The molecule has 0 aromatic heterocycles. The molecular formula is C25H33NO3. The molecular weight excluding hydrogens is 362 g/mol. The van der Waals surface area contributed by atoms with Crippen molar-refractivity contribution in [2.24, 2.45) is 0 Å². The second kappa shape index (κ2) is 10.1. The van der Waals surface area contributed by atoms with Gasteiger partial charge in [-0.3, -0.25) is 0 Å². The quantitative estimate of drug-likeness (QED) is 0.493. The van der Waals surface area contributed by atoms with E-state index in [0.29, 0.717) is 24.4 Å². The molecule has 0 bridgehead atoms. The van der Waals surface area contributed by atoms with E-state index in [1.54, 1.807) is 24.3 Å². The molecule has 1 N–H and O–H groups in total. The second-order valence-electron chi connectivity index (χ2n) is 7.81. The smallest absolute Gasteiger partial charge is 0.335 e. The summed E-state index contributed by atoms with van der Waals surface area (Å²) in [7, 11) is 0. The summed E-state index contributed by atoms with van der Waals surface area (Å²) in [6, 6.07) is 14.4. The average Bonchev–Trinajstić information content (AvgIpc) is 2.67. The van der Waals surface area contributed by atoms with E-state index < -0.39 is 5.97 Å². The van der Waals surface area contributed by atoms with Crippen molar-refractivity contribution < 1.29 is 14.6 Å². The molecule has 0 saturated carbocycles. The molecule has 0 aliphatic rings. The first-order valence-corrected chi connectivity index (χ1v) is 10.3. The highest BCUT2D eigenvalue weighted by Crippen LogP contribution is 2.37. The zero-order valence-electron chi connectivity index (χ0n) is 18.2. The van der Waals surface area contributed by atoms with Crippen LogP contribution in [0.3, 0.4) is 0 Å². The van der Waals surface area contributed by atoms with Gasteiger partial charge in [-0.25, -0.2) is 4.79 Å². The maximum absolute atomic E-state index is 11.6. The van der Waals surface area contributed by atoms with E-state index in [1.807, 2.05) is 0 Å². The standard InChI is InChI=1S/C25H33NO3/c1-7-14-29-24-13-12-20(25(27)28)16-23(24)22(8-2)19-10-9-11-21(15-19)26(17(3)4)18(5)6/h7,9-13,15-18,22H,1,8,14H2,2-6H3,(H,27,28)/t22-/m1/s1. The maximum atomic E-state index is 11.6. The van der Waals surface area contributed by atoms with Gasteiger partial charge in [0.2, 0.25) is 0 Å². The number of carboxylic acid groups (broad SMARTS) is 1. The molecule has 156 valence electrons. The summed E-state index contributed by atoms with van der Waals surface area (Å²) < 4.78 is 5.86. The van der Waals surface area contributed by atoms with Crippen LogP contribution in [0.1, 0.15) is 68.4 Å². The number of benzene rings is 2. The number of aromatic carboxylic acids is 1. The number of anilines is 1. The number of ether oxygens (including phenoxy) is 1. The first-order valence-electron chi connectivity index (χ1n) is 10.3. The first-order chi connectivity index (χ1) is 13.8. The van der Waals surface area contributed by atoms with Crippen molar-refractivity contribution in [3.05, 3.63) is 71.8 Å². The van der Waals surface area contributed by atoms with Crippen LogP contribution >= 0.6 is 0 Å². The van der Waals surface area contributed by atoms with Gasteiger partial charge >= 0.3 is 5.97 Å². The molecule has 4 heteroatoms. The third-order valence-electron chi connectivity index (χ3n) is 5.08. The average molecular weight is 396 g/mol. The largest absolute Gasteiger partial charge is 0.489 e. The lowest BCUT2D eigenvalue weighted by molar-refractivity contribution is 0.0696. The first kappa shape index (κ1) is 22.5. The van der Waals surface area contributed by atoms with Crippen molar-refractivity contribution in [1.82, 2.24) is 0 Å². The number of hydrogen-bond acceptors (Lipinski definition) is 3. The van der Waals surface area contributed by atoms with Crippen molar-refractivity contribution in [1.29, 1.82) is 0 Å². The van der Waals surface area contributed by atoms with Gasteiger partial charge < -0.3 is 14.7 Å². The van der Waals surface area contributed by atoms with E-state index in [9.17, 15) is 9.90 Å². The molecule has 2 aromatic rings. The van der Waals surface area contributed by atoms with Gasteiger partial charge in [0.05, 0.1) is 5.56 Å². The minimum Gasteiger partial charge on any atom is -0.489 e. The molecule has 2 rings (SSSR count). The number of hydrogen-bond donors (Lipinski definition) is 1. The van der Waals surface area contributed by atoms with E-state index in [2.05, 4.69) is 70.4 Å². The van der Waals surface area contributed by atoms with Crippen LogP contribution in [0.4, 0.5) is 5.69 Å². The van der Waals surface area contributed by atoms with Gasteiger partial charge in [-0.15, -0.1) is 0 Å². The highest BCUT2D eigenvalue weighted by Gasteiger charge is 2.21. The lowest BCUT2D eigenvalue weighted by Crippen LogP contribution is -2.37. The van der Waals surface area contributed by atoms with Crippen LogP contribution in [0.15, 0.2) is 55.1 Å². The Labute approximate surface area is 174 Å². The third-order valence-corrected chi connectivity index (χ3v) is 5.08. The number of carbonyl (C=O) groups is 1. The van der Waals surface area contributed by atoms with Gasteiger partial charge in [0.1, 0.15) is 12.4 Å². The Morgan fingerprint density at radius 2 is 1.83 bits per heavy atom. The molecule has 1 atom stereocenters. The van der Waals surface area contributed by atoms with Crippen molar-refractivity contribution in [3.63, 3.8) is 0 Å². The van der Waals surface area contributed by atoms with E-state index in [0.717, 1.165) is 17.5 Å². The van der Waals surface area contributed by atoms with Gasteiger partial charge in [-0.1, -0.05) is 31.7 Å². The topological polar surface area (TPSA) is 49.8 Å². The molecule has 0 aliphatic carbocycles. The molecule has 0 spiro atoms. The number of carboxylic acids is 1. The van der Waals surface area contributed by atoms with Crippen LogP contribution in [0.2, 0.25) is 0 Å². The monoisotopic (exact) mass is 395 g/mol. The Hall–Kier alpha value is -2.75. The maximum Gasteiger partial charge on any atom is 0.335 e. The Balaban J connectivity index is 2.55. The normalized spacial score (nSPS) is 12.1. The summed E-state index contributed by atoms with van der Waals surface area (Å²) in [5.74, 6) is -0.192. The van der Waals surface area contributed by atoms with Crippen LogP contribution in [0, 0.1) is 0 Å². The molecule has 0 fully saturated rings.